The quantitative estimate of drug-likeness (QED) is 0.779. The van der Waals surface area contributed by atoms with Gasteiger partial charge in [0, 0.05) is 18.2 Å². The number of aryl methyl sites for hydroxylation is 1. The van der Waals surface area contributed by atoms with E-state index in [4.69, 9.17) is 0 Å². The molecule has 1 aromatic carbocycles. The summed E-state index contributed by atoms with van der Waals surface area (Å²) in [6.45, 7) is 3.25. The molecule has 4 nitrogen and oxygen atoms in total. The van der Waals surface area contributed by atoms with Gasteiger partial charge in [0.05, 0.1) is 6.10 Å². The third kappa shape index (κ3) is 4.78. The third-order valence-corrected chi connectivity index (χ3v) is 3.68. The van der Waals surface area contributed by atoms with Gasteiger partial charge in [0.2, 0.25) is 0 Å². The van der Waals surface area contributed by atoms with Crippen molar-refractivity contribution in [1.82, 2.24) is 0 Å². The van der Waals surface area contributed by atoms with Crippen LogP contribution in [0.4, 0.5) is 0 Å². The monoisotopic (exact) mass is 282 g/mol. The van der Waals surface area contributed by atoms with E-state index in [-0.39, 0.29) is 5.12 Å². The Hall–Kier alpha value is -1.17. The zero-order valence-corrected chi connectivity index (χ0v) is 11.8. The van der Waals surface area contributed by atoms with E-state index in [0.717, 1.165) is 23.6 Å². The minimum atomic E-state index is -1.01. The largest absolute Gasteiger partial charge is 0.390 e. The smallest absolute Gasteiger partial charge is 0.185 e. The molecule has 0 aliphatic heterocycles. The van der Waals surface area contributed by atoms with Crippen molar-refractivity contribution in [3.8, 4) is 0 Å². The number of carbonyl (C=O) groups is 2. The van der Waals surface area contributed by atoms with E-state index >= 15 is 0 Å². The van der Waals surface area contributed by atoms with E-state index in [2.05, 4.69) is 0 Å². The molecule has 2 unspecified atom stereocenters. The van der Waals surface area contributed by atoms with Crippen LogP contribution in [0.2, 0.25) is 0 Å². The molecule has 2 atom stereocenters. The summed E-state index contributed by atoms with van der Waals surface area (Å²) in [5, 5.41) is 20.0. The number of thioether (sulfide) groups is 1. The van der Waals surface area contributed by atoms with Crippen LogP contribution in [-0.4, -0.2) is 33.5 Å². The van der Waals surface area contributed by atoms with Gasteiger partial charge < -0.3 is 10.2 Å². The topological polar surface area (TPSA) is 74.6 Å². The summed E-state index contributed by atoms with van der Waals surface area (Å²) in [4.78, 5) is 21.4. The Morgan fingerprint density at radius 3 is 2.63 bits per heavy atom. The van der Waals surface area contributed by atoms with Crippen LogP contribution in [0.1, 0.15) is 40.9 Å². The molecule has 0 fully saturated rings. The molecule has 0 bridgehead atoms. The molecule has 0 heterocycles. The lowest BCUT2D eigenvalue weighted by Crippen LogP contribution is -2.20. The number of aliphatic hydroxyl groups excluding tert-OH is 2. The van der Waals surface area contributed by atoms with E-state index in [1.165, 1.54) is 6.92 Å². The first-order chi connectivity index (χ1) is 8.95. The number of rotatable bonds is 6. The van der Waals surface area contributed by atoms with Crippen molar-refractivity contribution in [2.45, 2.75) is 32.5 Å². The Kier molecular flexibility index (Phi) is 6.21. The minimum Gasteiger partial charge on any atom is -0.390 e. The van der Waals surface area contributed by atoms with Crippen LogP contribution in [0.25, 0.3) is 0 Å². The number of hydrogen-bond donors (Lipinski definition) is 2. The van der Waals surface area contributed by atoms with Crippen molar-refractivity contribution in [2.24, 2.45) is 0 Å². The Morgan fingerprint density at radius 2 is 2.11 bits per heavy atom. The second-order valence-corrected chi connectivity index (χ2v) is 5.65. The molecule has 19 heavy (non-hydrogen) atoms. The molecule has 1 rings (SSSR count). The molecule has 0 saturated carbocycles. The highest BCUT2D eigenvalue weighted by molar-refractivity contribution is 8.13. The van der Waals surface area contributed by atoms with Crippen LogP contribution in [0.3, 0.4) is 0 Å². The van der Waals surface area contributed by atoms with Crippen molar-refractivity contribution in [3.05, 3.63) is 34.9 Å². The summed E-state index contributed by atoms with van der Waals surface area (Å²) < 4.78 is 0. The van der Waals surface area contributed by atoms with E-state index in [1.807, 2.05) is 0 Å². The van der Waals surface area contributed by atoms with E-state index < -0.39 is 12.2 Å². The lowest BCUT2D eigenvalue weighted by molar-refractivity contribution is -0.109. The predicted octanol–water partition coefficient (Wildman–Crippen LogP) is 1.87. The Morgan fingerprint density at radius 1 is 1.42 bits per heavy atom. The van der Waals surface area contributed by atoms with Gasteiger partial charge >= 0.3 is 0 Å². The van der Waals surface area contributed by atoms with Crippen LogP contribution in [0.5, 0.6) is 0 Å². The van der Waals surface area contributed by atoms with Crippen molar-refractivity contribution in [2.75, 3.05) is 5.75 Å². The molecule has 0 aromatic heterocycles. The predicted molar refractivity (Wildman–Crippen MR) is 75.3 cm³/mol. The minimum absolute atomic E-state index is 0.00629. The fourth-order valence-corrected chi connectivity index (χ4v) is 2.44. The summed E-state index contributed by atoms with van der Waals surface area (Å²) in [5.74, 6) is 0.471. The summed E-state index contributed by atoms with van der Waals surface area (Å²) >= 11 is 1.13. The van der Waals surface area contributed by atoms with Crippen LogP contribution in [0.15, 0.2) is 18.2 Å². The molecule has 104 valence electrons. The second-order valence-electron chi connectivity index (χ2n) is 4.37. The van der Waals surface area contributed by atoms with Crippen molar-refractivity contribution >= 4 is 23.2 Å². The van der Waals surface area contributed by atoms with Gasteiger partial charge in [0.1, 0.15) is 12.4 Å². The fraction of sp³-hybridized carbons (Fsp3) is 0.429. The van der Waals surface area contributed by atoms with Gasteiger partial charge in [-0.05, 0) is 30.5 Å². The molecule has 0 radical (unpaired) electrons. The standard InChI is InChI=1S/C14H18O4S/c1-9-7-11(8-15)3-4-12(9)14(18)13(17)5-6-19-10(2)16/h3-4,7-8,13-14,17-18H,5-6H2,1-2H3. The SMILES string of the molecule is CC(=O)SCCC(O)C(O)c1ccc(C=O)cc1C. The molecule has 0 spiro atoms. The Labute approximate surface area is 116 Å². The average Bonchev–Trinajstić information content (AvgIpc) is 2.37. The summed E-state index contributed by atoms with van der Waals surface area (Å²) in [6.07, 6.45) is -0.857. The van der Waals surface area contributed by atoms with Gasteiger partial charge in [-0.2, -0.15) is 0 Å². The first-order valence-corrected chi connectivity index (χ1v) is 6.99. The molecule has 0 aliphatic rings. The lowest BCUT2D eigenvalue weighted by Gasteiger charge is -2.19. The average molecular weight is 282 g/mol. The lowest BCUT2D eigenvalue weighted by atomic mass is 9.97. The Balaban J connectivity index is 2.68. The Bertz CT molecular complexity index is 459. The maximum Gasteiger partial charge on any atom is 0.185 e. The summed E-state index contributed by atoms with van der Waals surface area (Å²) in [6, 6.07) is 4.92. The van der Waals surface area contributed by atoms with Crippen molar-refractivity contribution < 1.29 is 19.8 Å². The molecule has 0 amide bonds. The zero-order valence-electron chi connectivity index (χ0n) is 11.0. The zero-order chi connectivity index (χ0) is 14.4. The van der Waals surface area contributed by atoms with E-state index in [0.29, 0.717) is 23.3 Å². The third-order valence-electron chi connectivity index (χ3n) is 2.83. The summed E-state index contributed by atoms with van der Waals surface area (Å²) in [7, 11) is 0. The molecule has 5 heteroatoms. The highest BCUT2D eigenvalue weighted by Crippen LogP contribution is 2.24. The maximum atomic E-state index is 10.8. The first-order valence-electron chi connectivity index (χ1n) is 6.01. The van der Waals surface area contributed by atoms with Crippen LogP contribution < -0.4 is 0 Å². The van der Waals surface area contributed by atoms with Crippen LogP contribution in [-0.2, 0) is 4.79 Å². The van der Waals surface area contributed by atoms with Gasteiger partial charge in [-0.3, -0.25) is 9.59 Å². The molecule has 1 aromatic rings. The number of aliphatic hydroxyl groups is 2. The number of carbonyl (C=O) groups excluding carboxylic acids is 2. The van der Waals surface area contributed by atoms with Gasteiger partial charge in [-0.25, -0.2) is 0 Å². The van der Waals surface area contributed by atoms with Crippen molar-refractivity contribution in [1.29, 1.82) is 0 Å². The molecule has 2 N–H and O–H groups in total. The highest BCUT2D eigenvalue weighted by Gasteiger charge is 2.20. The van der Waals surface area contributed by atoms with Gasteiger partial charge in [-0.15, -0.1) is 0 Å². The van der Waals surface area contributed by atoms with E-state index in [1.54, 1.807) is 25.1 Å². The van der Waals surface area contributed by atoms with Crippen molar-refractivity contribution in [3.63, 3.8) is 0 Å². The first kappa shape index (κ1) is 15.9. The number of benzene rings is 1. The maximum absolute atomic E-state index is 10.8. The fourth-order valence-electron chi connectivity index (χ4n) is 1.79. The normalized spacial score (nSPS) is 13.9. The second kappa shape index (κ2) is 7.43. The molecule has 0 saturated heterocycles. The van der Waals surface area contributed by atoms with Gasteiger partial charge in [-0.1, -0.05) is 23.9 Å². The summed E-state index contributed by atoms with van der Waals surface area (Å²) in [5.41, 5.74) is 1.90. The number of aldehydes is 1. The van der Waals surface area contributed by atoms with Gasteiger partial charge in [0.25, 0.3) is 0 Å². The number of hydrogen-bond acceptors (Lipinski definition) is 5. The molecule has 0 aliphatic carbocycles. The highest BCUT2D eigenvalue weighted by atomic mass is 32.2. The van der Waals surface area contributed by atoms with E-state index in [9.17, 15) is 19.8 Å². The van der Waals surface area contributed by atoms with Crippen LogP contribution >= 0.6 is 11.8 Å². The molecular weight excluding hydrogens is 264 g/mol. The van der Waals surface area contributed by atoms with Gasteiger partial charge in [0.15, 0.2) is 5.12 Å². The van der Waals surface area contributed by atoms with Crippen LogP contribution in [0, 0.1) is 6.92 Å². The molecular formula is C14H18O4S.